The molecule has 0 spiro atoms. The number of rotatable bonds is 5. The molecule has 3 aromatic rings. The lowest BCUT2D eigenvalue weighted by atomic mass is 10.00. The Morgan fingerprint density at radius 1 is 1.21 bits per heavy atom. The molecule has 2 aromatic carbocycles. The van der Waals surface area contributed by atoms with Gasteiger partial charge in [0.05, 0.1) is 17.6 Å². The summed E-state index contributed by atoms with van der Waals surface area (Å²) in [6, 6.07) is 10.9. The largest absolute Gasteiger partial charge is 0.422 e. The first-order valence-electron chi connectivity index (χ1n) is 8.44. The predicted molar refractivity (Wildman–Crippen MR) is 104 cm³/mol. The molecule has 0 saturated carbocycles. The third-order valence-corrected chi connectivity index (χ3v) is 4.21. The second-order valence-electron chi connectivity index (χ2n) is 6.32. The Labute approximate surface area is 159 Å². The summed E-state index contributed by atoms with van der Waals surface area (Å²) in [6.07, 6.45) is 1.26. The van der Waals surface area contributed by atoms with E-state index in [-0.39, 0.29) is 12.1 Å². The zero-order valence-corrected chi connectivity index (χ0v) is 15.3. The van der Waals surface area contributed by atoms with Crippen LogP contribution in [-0.4, -0.2) is 17.0 Å². The van der Waals surface area contributed by atoms with Gasteiger partial charge in [-0.25, -0.2) is 10.2 Å². The summed E-state index contributed by atoms with van der Waals surface area (Å²) in [4.78, 5) is 34.4. The molecule has 1 N–H and O–H groups in total. The summed E-state index contributed by atoms with van der Waals surface area (Å²) in [6.45, 7) is 3.71. The van der Waals surface area contributed by atoms with Crippen LogP contribution in [0.3, 0.4) is 0 Å². The van der Waals surface area contributed by atoms with Gasteiger partial charge in [0.2, 0.25) is 5.91 Å². The van der Waals surface area contributed by atoms with Crippen LogP contribution >= 0.6 is 0 Å². The van der Waals surface area contributed by atoms with Crippen LogP contribution in [0.5, 0.6) is 0 Å². The lowest BCUT2D eigenvalue weighted by Gasteiger charge is -2.09. The molecule has 0 aliphatic carbocycles. The van der Waals surface area contributed by atoms with Crippen molar-refractivity contribution in [2.45, 2.75) is 20.3 Å². The van der Waals surface area contributed by atoms with Gasteiger partial charge < -0.3 is 4.42 Å². The van der Waals surface area contributed by atoms with Crippen molar-refractivity contribution in [1.29, 1.82) is 0 Å². The van der Waals surface area contributed by atoms with E-state index in [9.17, 15) is 19.7 Å². The molecule has 1 amide bonds. The zero-order chi connectivity index (χ0) is 20.3. The fourth-order valence-electron chi connectivity index (χ4n) is 2.91. The Morgan fingerprint density at radius 3 is 2.71 bits per heavy atom. The second kappa shape index (κ2) is 7.83. The molecular weight excluding hydrogens is 362 g/mol. The van der Waals surface area contributed by atoms with E-state index < -0.39 is 16.5 Å². The van der Waals surface area contributed by atoms with Gasteiger partial charge in [0.15, 0.2) is 0 Å². The minimum Gasteiger partial charge on any atom is -0.422 e. The van der Waals surface area contributed by atoms with Crippen molar-refractivity contribution in [3.8, 4) is 0 Å². The number of carbonyl (C=O) groups is 1. The van der Waals surface area contributed by atoms with E-state index in [1.54, 1.807) is 6.07 Å². The minimum absolute atomic E-state index is 0.0569. The smallest absolute Gasteiger partial charge is 0.336 e. The van der Waals surface area contributed by atoms with Crippen LogP contribution in [-0.2, 0) is 11.2 Å². The monoisotopic (exact) mass is 379 g/mol. The number of nitrogens with zero attached hydrogens (tertiary/aromatic N) is 2. The maximum absolute atomic E-state index is 12.3. The third-order valence-electron chi connectivity index (χ3n) is 4.21. The number of hydrogen-bond donors (Lipinski definition) is 1. The van der Waals surface area contributed by atoms with Gasteiger partial charge >= 0.3 is 5.63 Å². The highest BCUT2D eigenvalue weighted by Crippen LogP contribution is 2.24. The Kier molecular flexibility index (Phi) is 5.30. The summed E-state index contributed by atoms with van der Waals surface area (Å²) in [5.74, 6) is -0.422. The second-order valence-corrected chi connectivity index (χ2v) is 6.32. The number of aryl methyl sites for hydroxylation is 2. The Morgan fingerprint density at radius 2 is 1.96 bits per heavy atom. The number of benzene rings is 2. The molecule has 0 radical (unpaired) electrons. The molecule has 0 aliphatic heterocycles. The lowest BCUT2D eigenvalue weighted by molar-refractivity contribution is -0.384. The number of amides is 1. The van der Waals surface area contributed by atoms with Crippen LogP contribution in [0.15, 0.2) is 56.8 Å². The van der Waals surface area contributed by atoms with Gasteiger partial charge in [-0.15, -0.1) is 0 Å². The van der Waals surface area contributed by atoms with Crippen LogP contribution in [0.4, 0.5) is 5.69 Å². The van der Waals surface area contributed by atoms with Crippen molar-refractivity contribution in [2.75, 3.05) is 0 Å². The molecule has 1 heterocycles. The maximum atomic E-state index is 12.3. The number of carbonyl (C=O) groups excluding carboxylic acids is 1. The standard InChI is InChI=1S/C20H17N3O5/c1-12-6-7-13(2)20-19(12)15(10-18(25)28-20)9-17(24)22-21-11-14-4-3-5-16(8-14)23(26)27/h3-8,10-11H,9H2,1-2H3,(H,22,24)/b21-11+. The Bertz CT molecular complexity index is 1160. The molecule has 0 fully saturated rings. The molecule has 8 nitrogen and oxygen atoms in total. The highest BCUT2D eigenvalue weighted by atomic mass is 16.6. The lowest BCUT2D eigenvalue weighted by Crippen LogP contribution is -2.20. The summed E-state index contributed by atoms with van der Waals surface area (Å²) in [7, 11) is 0. The molecule has 0 saturated heterocycles. The predicted octanol–water partition coefficient (Wildman–Crippen LogP) is 3.01. The van der Waals surface area contributed by atoms with E-state index in [0.29, 0.717) is 16.7 Å². The molecule has 28 heavy (non-hydrogen) atoms. The van der Waals surface area contributed by atoms with E-state index >= 15 is 0 Å². The number of non-ortho nitro benzene ring substituents is 1. The molecule has 0 bridgehead atoms. The summed E-state index contributed by atoms with van der Waals surface area (Å²) < 4.78 is 5.29. The van der Waals surface area contributed by atoms with Crippen LogP contribution in [0.1, 0.15) is 22.3 Å². The molecular formula is C20H17N3O5. The zero-order valence-electron chi connectivity index (χ0n) is 15.3. The summed E-state index contributed by atoms with van der Waals surface area (Å²) in [5, 5.41) is 15.3. The van der Waals surface area contributed by atoms with Crippen molar-refractivity contribution < 1.29 is 14.1 Å². The van der Waals surface area contributed by atoms with Crippen LogP contribution in [0.2, 0.25) is 0 Å². The first kappa shape index (κ1) is 19.0. The van der Waals surface area contributed by atoms with Gasteiger partial charge in [-0.2, -0.15) is 5.10 Å². The van der Waals surface area contributed by atoms with E-state index in [2.05, 4.69) is 10.5 Å². The van der Waals surface area contributed by atoms with Crippen molar-refractivity contribution in [3.05, 3.63) is 85.3 Å². The summed E-state index contributed by atoms with van der Waals surface area (Å²) in [5.41, 5.74) is 4.99. The molecule has 142 valence electrons. The van der Waals surface area contributed by atoms with Gasteiger partial charge in [0, 0.05) is 29.1 Å². The van der Waals surface area contributed by atoms with Crippen molar-refractivity contribution in [2.24, 2.45) is 5.10 Å². The van der Waals surface area contributed by atoms with Crippen LogP contribution < -0.4 is 11.1 Å². The van der Waals surface area contributed by atoms with Crippen LogP contribution in [0.25, 0.3) is 11.0 Å². The SMILES string of the molecule is Cc1ccc(C)c2c(CC(=O)N/N=C/c3cccc([N+](=O)[O-])c3)cc(=O)oc12. The van der Waals surface area contributed by atoms with Crippen LogP contribution in [0, 0.1) is 24.0 Å². The first-order chi connectivity index (χ1) is 13.3. The van der Waals surface area contributed by atoms with E-state index in [1.807, 2.05) is 26.0 Å². The molecule has 0 aliphatic rings. The van der Waals surface area contributed by atoms with Crippen molar-refractivity contribution >= 4 is 28.8 Å². The normalized spacial score (nSPS) is 11.1. The van der Waals surface area contributed by atoms with Gasteiger partial charge in [0.25, 0.3) is 5.69 Å². The number of hydrogen-bond acceptors (Lipinski definition) is 6. The first-order valence-corrected chi connectivity index (χ1v) is 8.44. The highest BCUT2D eigenvalue weighted by Gasteiger charge is 2.13. The third kappa shape index (κ3) is 4.12. The average molecular weight is 379 g/mol. The van der Waals surface area contributed by atoms with Gasteiger partial charge in [-0.1, -0.05) is 24.3 Å². The van der Waals surface area contributed by atoms with Crippen molar-refractivity contribution in [3.63, 3.8) is 0 Å². The fourth-order valence-corrected chi connectivity index (χ4v) is 2.91. The van der Waals surface area contributed by atoms with Gasteiger partial charge in [-0.3, -0.25) is 14.9 Å². The minimum atomic E-state index is -0.524. The molecule has 8 heteroatoms. The topological polar surface area (TPSA) is 115 Å². The quantitative estimate of drug-likeness (QED) is 0.317. The molecule has 3 rings (SSSR count). The number of nitro benzene ring substituents is 1. The van der Waals surface area contributed by atoms with Gasteiger partial charge in [-0.05, 0) is 30.5 Å². The number of nitrogens with one attached hydrogen (secondary N) is 1. The molecule has 1 aromatic heterocycles. The highest BCUT2D eigenvalue weighted by molar-refractivity contribution is 5.91. The number of nitro groups is 1. The number of fused-ring (bicyclic) bond motifs is 1. The molecule has 0 atom stereocenters. The Hall–Kier alpha value is -3.81. The van der Waals surface area contributed by atoms with E-state index in [0.717, 1.165) is 16.5 Å². The Balaban J connectivity index is 1.79. The van der Waals surface area contributed by atoms with Gasteiger partial charge in [0.1, 0.15) is 5.58 Å². The summed E-state index contributed by atoms with van der Waals surface area (Å²) >= 11 is 0. The number of hydrazone groups is 1. The molecule has 0 unspecified atom stereocenters. The van der Waals surface area contributed by atoms with Crippen molar-refractivity contribution in [1.82, 2.24) is 5.43 Å². The fraction of sp³-hybridized carbons (Fsp3) is 0.150. The van der Waals surface area contributed by atoms with E-state index in [4.69, 9.17) is 4.42 Å². The average Bonchev–Trinajstić information content (AvgIpc) is 2.64. The maximum Gasteiger partial charge on any atom is 0.336 e. The van der Waals surface area contributed by atoms with E-state index in [1.165, 1.54) is 30.5 Å².